The number of urea groups is 1. The molecule has 19 heavy (non-hydrogen) atoms. The third-order valence-electron chi connectivity index (χ3n) is 3.30. The molecule has 1 aromatic rings. The number of carboxylic acid groups (broad SMARTS) is 1. The van der Waals surface area contributed by atoms with Crippen LogP contribution in [0.3, 0.4) is 0 Å². The topological polar surface area (TPSA) is 104 Å². The van der Waals surface area contributed by atoms with E-state index in [0.717, 1.165) is 25.7 Å². The van der Waals surface area contributed by atoms with Gasteiger partial charge in [-0.25, -0.2) is 9.59 Å². The Hall–Kier alpha value is -1.70. The normalized spacial score (nSPS) is 18.3. The Kier molecular flexibility index (Phi) is 4.31. The lowest BCUT2D eigenvalue weighted by molar-refractivity contribution is -0.145. The SMILES string of the molecule is O=C(Nc1nncs1)NC1(C(=O)O)CCCCCC1. The molecule has 0 aliphatic heterocycles. The molecular formula is C11H16N4O3S. The van der Waals surface area contributed by atoms with Crippen molar-refractivity contribution < 1.29 is 14.7 Å². The summed E-state index contributed by atoms with van der Waals surface area (Å²) in [6, 6.07) is -0.541. The Morgan fingerprint density at radius 2 is 1.95 bits per heavy atom. The van der Waals surface area contributed by atoms with Crippen molar-refractivity contribution in [1.82, 2.24) is 15.5 Å². The van der Waals surface area contributed by atoms with Gasteiger partial charge in [-0.2, -0.15) is 0 Å². The predicted octanol–water partition coefficient (Wildman–Crippen LogP) is 1.84. The summed E-state index contributed by atoms with van der Waals surface area (Å²) in [5.41, 5.74) is 0.333. The van der Waals surface area contributed by atoms with E-state index >= 15 is 0 Å². The number of nitrogens with zero attached hydrogens (tertiary/aromatic N) is 2. The Morgan fingerprint density at radius 1 is 1.26 bits per heavy atom. The van der Waals surface area contributed by atoms with Crippen molar-refractivity contribution in [3.05, 3.63) is 5.51 Å². The lowest BCUT2D eigenvalue weighted by atomic mass is 9.90. The molecule has 1 aromatic heterocycles. The summed E-state index contributed by atoms with van der Waals surface area (Å²) in [6.07, 6.45) is 4.57. The fourth-order valence-corrected chi connectivity index (χ4v) is 2.74. The van der Waals surface area contributed by atoms with Gasteiger partial charge in [0.15, 0.2) is 0 Å². The van der Waals surface area contributed by atoms with Gasteiger partial charge >= 0.3 is 12.0 Å². The number of aromatic nitrogens is 2. The van der Waals surface area contributed by atoms with Crippen LogP contribution in [0.2, 0.25) is 0 Å². The van der Waals surface area contributed by atoms with Gasteiger partial charge < -0.3 is 10.4 Å². The van der Waals surface area contributed by atoms with Crippen molar-refractivity contribution in [2.45, 2.75) is 44.1 Å². The second kappa shape index (κ2) is 5.96. The van der Waals surface area contributed by atoms with Crippen LogP contribution in [0.25, 0.3) is 0 Å². The molecule has 0 spiro atoms. The minimum atomic E-state index is -1.16. The molecule has 0 radical (unpaired) electrons. The molecular weight excluding hydrogens is 268 g/mol. The van der Waals surface area contributed by atoms with Gasteiger partial charge in [0.05, 0.1) is 0 Å². The Bertz CT molecular complexity index is 441. The molecule has 0 unspecified atom stereocenters. The highest BCUT2D eigenvalue weighted by molar-refractivity contribution is 7.13. The first-order valence-corrected chi connectivity index (χ1v) is 7.09. The summed E-state index contributed by atoms with van der Waals surface area (Å²) in [6.45, 7) is 0. The first-order chi connectivity index (χ1) is 9.12. The van der Waals surface area contributed by atoms with Gasteiger partial charge in [-0.3, -0.25) is 5.32 Å². The Labute approximate surface area is 114 Å². The van der Waals surface area contributed by atoms with Crippen LogP contribution < -0.4 is 10.6 Å². The summed E-state index contributed by atoms with van der Waals surface area (Å²) in [5, 5.41) is 22.2. The maximum Gasteiger partial charge on any atom is 0.329 e. The van der Waals surface area contributed by atoms with Gasteiger partial charge in [-0.05, 0) is 12.8 Å². The third-order valence-corrected chi connectivity index (χ3v) is 3.91. The number of carbonyl (C=O) groups excluding carboxylic acids is 1. The van der Waals surface area contributed by atoms with Crippen LogP contribution in [-0.2, 0) is 4.79 Å². The summed E-state index contributed by atoms with van der Waals surface area (Å²) >= 11 is 1.18. The van der Waals surface area contributed by atoms with Crippen LogP contribution in [-0.4, -0.2) is 32.8 Å². The van der Waals surface area contributed by atoms with Crippen LogP contribution in [0.1, 0.15) is 38.5 Å². The molecule has 1 heterocycles. The van der Waals surface area contributed by atoms with E-state index in [4.69, 9.17) is 0 Å². The zero-order valence-electron chi connectivity index (χ0n) is 10.4. The number of carboxylic acids is 1. The molecule has 2 amide bonds. The number of nitrogens with one attached hydrogen (secondary N) is 2. The van der Waals surface area contributed by atoms with Crippen LogP contribution in [0.15, 0.2) is 5.51 Å². The Morgan fingerprint density at radius 3 is 2.47 bits per heavy atom. The first kappa shape index (κ1) is 13.7. The van der Waals surface area contributed by atoms with E-state index in [0.29, 0.717) is 18.0 Å². The fourth-order valence-electron chi connectivity index (χ4n) is 2.30. The molecule has 8 heteroatoms. The second-order valence-electron chi connectivity index (χ2n) is 4.62. The molecule has 0 bridgehead atoms. The highest BCUT2D eigenvalue weighted by Gasteiger charge is 2.40. The molecule has 1 fully saturated rings. The monoisotopic (exact) mass is 284 g/mol. The molecule has 104 valence electrons. The average Bonchev–Trinajstić information content (AvgIpc) is 2.73. The number of hydrogen-bond acceptors (Lipinski definition) is 5. The molecule has 3 N–H and O–H groups in total. The Balaban J connectivity index is 2.03. The van der Waals surface area contributed by atoms with Crippen molar-refractivity contribution in [2.75, 3.05) is 5.32 Å². The molecule has 0 saturated heterocycles. The van der Waals surface area contributed by atoms with Crippen LogP contribution in [0.4, 0.5) is 9.93 Å². The van der Waals surface area contributed by atoms with Crippen LogP contribution in [0, 0.1) is 0 Å². The van der Waals surface area contributed by atoms with Crippen LogP contribution in [0.5, 0.6) is 0 Å². The van der Waals surface area contributed by atoms with E-state index in [2.05, 4.69) is 20.8 Å². The van der Waals surface area contributed by atoms with Crippen molar-refractivity contribution in [1.29, 1.82) is 0 Å². The van der Waals surface area contributed by atoms with Crippen molar-refractivity contribution >= 4 is 28.5 Å². The maximum absolute atomic E-state index is 11.9. The van der Waals surface area contributed by atoms with E-state index < -0.39 is 17.5 Å². The van der Waals surface area contributed by atoms with Gasteiger partial charge in [0.2, 0.25) is 5.13 Å². The minimum absolute atomic E-state index is 0.353. The van der Waals surface area contributed by atoms with E-state index in [-0.39, 0.29) is 0 Å². The van der Waals surface area contributed by atoms with E-state index in [1.54, 1.807) is 0 Å². The maximum atomic E-state index is 11.9. The summed E-state index contributed by atoms with van der Waals surface area (Å²) in [7, 11) is 0. The molecule has 1 aliphatic rings. The highest BCUT2D eigenvalue weighted by atomic mass is 32.1. The standard InChI is InChI=1S/C11H16N4O3S/c16-8(17)11(5-3-1-2-4-6-11)14-9(18)13-10-15-12-7-19-10/h7H,1-6H2,(H,16,17)(H2,13,14,15,18). The molecule has 1 saturated carbocycles. The van der Waals surface area contributed by atoms with Gasteiger partial charge in [0.1, 0.15) is 11.0 Å². The van der Waals surface area contributed by atoms with Gasteiger partial charge in [0.25, 0.3) is 0 Å². The zero-order chi connectivity index (χ0) is 13.7. The number of rotatable bonds is 3. The summed E-state index contributed by atoms with van der Waals surface area (Å²) < 4.78 is 0. The lowest BCUT2D eigenvalue weighted by Crippen LogP contribution is -2.55. The smallest absolute Gasteiger partial charge is 0.329 e. The number of aliphatic carboxylic acids is 1. The van der Waals surface area contributed by atoms with E-state index in [1.807, 2.05) is 0 Å². The van der Waals surface area contributed by atoms with E-state index in [1.165, 1.54) is 16.8 Å². The van der Waals surface area contributed by atoms with Crippen molar-refractivity contribution in [2.24, 2.45) is 0 Å². The molecule has 1 aliphatic carbocycles. The largest absolute Gasteiger partial charge is 0.480 e. The first-order valence-electron chi connectivity index (χ1n) is 6.21. The van der Waals surface area contributed by atoms with Gasteiger partial charge in [0, 0.05) is 0 Å². The van der Waals surface area contributed by atoms with Crippen LogP contribution >= 0.6 is 11.3 Å². The number of carbonyl (C=O) groups is 2. The van der Waals surface area contributed by atoms with Gasteiger partial charge in [-0.1, -0.05) is 37.0 Å². The number of anilines is 1. The summed E-state index contributed by atoms with van der Waals surface area (Å²) in [4.78, 5) is 23.4. The van der Waals surface area contributed by atoms with Crippen molar-refractivity contribution in [3.63, 3.8) is 0 Å². The minimum Gasteiger partial charge on any atom is -0.480 e. The second-order valence-corrected chi connectivity index (χ2v) is 5.46. The molecule has 0 atom stereocenters. The predicted molar refractivity (Wildman–Crippen MR) is 70.1 cm³/mol. The molecule has 0 aromatic carbocycles. The van der Waals surface area contributed by atoms with Crippen molar-refractivity contribution in [3.8, 4) is 0 Å². The summed E-state index contributed by atoms with van der Waals surface area (Å²) in [5.74, 6) is -0.971. The number of amides is 2. The zero-order valence-corrected chi connectivity index (χ0v) is 11.2. The fraction of sp³-hybridized carbons (Fsp3) is 0.636. The molecule has 2 rings (SSSR count). The van der Waals surface area contributed by atoms with Gasteiger partial charge in [-0.15, -0.1) is 10.2 Å². The van der Waals surface area contributed by atoms with E-state index in [9.17, 15) is 14.7 Å². The lowest BCUT2D eigenvalue weighted by Gasteiger charge is -2.29. The highest BCUT2D eigenvalue weighted by Crippen LogP contribution is 2.27. The number of hydrogen-bond donors (Lipinski definition) is 3. The quantitative estimate of drug-likeness (QED) is 0.735. The third kappa shape index (κ3) is 3.40. The average molecular weight is 284 g/mol. The molecule has 7 nitrogen and oxygen atoms in total.